The first-order chi connectivity index (χ1) is 12.7. The summed E-state index contributed by atoms with van der Waals surface area (Å²) < 4.78 is 0. The van der Waals surface area contributed by atoms with E-state index in [9.17, 15) is 14.4 Å². The second-order valence-corrected chi connectivity index (χ2v) is 9.45. The maximum absolute atomic E-state index is 13.5. The Hall–Kier alpha value is -1.97. The van der Waals surface area contributed by atoms with Gasteiger partial charge < -0.3 is 4.90 Å². The molecule has 27 heavy (non-hydrogen) atoms. The van der Waals surface area contributed by atoms with Crippen LogP contribution in [0.3, 0.4) is 0 Å². The molecule has 3 fully saturated rings. The number of carbonyl (C=O) groups is 3. The Balaban J connectivity index is 1.48. The van der Waals surface area contributed by atoms with Gasteiger partial charge in [0.15, 0.2) is 0 Å². The summed E-state index contributed by atoms with van der Waals surface area (Å²) in [4.78, 5) is 40.9. The highest BCUT2D eigenvalue weighted by molar-refractivity contribution is 6.48. The number of rotatable bonds is 3. The molecule has 2 aliphatic carbocycles. The average Bonchev–Trinajstić information content (AvgIpc) is 2.94. The number of hydrogen-bond donors (Lipinski definition) is 0. The number of benzene rings is 1. The van der Waals surface area contributed by atoms with E-state index in [1.165, 1.54) is 5.56 Å². The molecule has 144 valence electrons. The van der Waals surface area contributed by atoms with Crippen LogP contribution in [0.25, 0.3) is 0 Å². The molecule has 1 saturated heterocycles. The van der Waals surface area contributed by atoms with Crippen molar-refractivity contribution >= 4 is 17.5 Å². The van der Waals surface area contributed by atoms with E-state index in [0.29, 0.717) is 31.8 Å². The number of nitrogens with zero attached hydrogens (tertiary/aromatic N) is 1. The van der Waals surface area contributed by atoms with Gasteiger partial charge in [0.25, 0.3) is 0 Å². The summed E-state index contributed by atoms with van der Waals surface area (Å²) in [6.07, 6.45) is 4.10. The zero-order valence-electron chi connectivity index (χ0n) is 16.6. The monoisotopic (exact) mass is 367 g/mol. The number of fused-ring (bicyclic) bond motifs is 2. The molecule has 1 heterocycles. The first kappa shape index (κ1) is 18.4. The van der Waals surface area contributed by atoms with Crippen molar-refractivity contribution in [3.63, 3.8) is 0 Å². The van der Waals surface area contributed by atoms with Gasteiger partial charge in [0.05, 0.1) is 0 Å². The Labute approximate surface area is 161 Å². The van der Waals surface area contributed by atoms with Crippen molar-refractivity contribution in [2.24, 2.45) is 22.2 Å². The zero-order valence-corrected chi connectivity index (χ0v) is 16.6. The van der Waals surface area contributed by atoms with Crippen molar-refractivity contribution in [3.8, 4) is 0 Å². The SMILES string of the molecule is CC1(C)[C@]2(C(=O)N3CCC(Cc4ccccc4)CC3)CC[C@@]1(C)C(=O)C2=O. The van der Waals surface area contributed by atoms with Gasteiger partial charge in [-0.1, -0.05) is 51.1 Å². The van der Waals surface area contributed by atoms with Crippen LogP contribution < -0.4 is 0 Å². The Morgan fingerprint density at radius 2 is 1.63 bits per heavy atom. The zero-order chi connectivity index (χ0) is 19.4. The normalized spacial score (nSPS) is 32.9. The van der Waals surface area contributed by atoms with E-state index in [4.69, 9.17) is 0 Å². The molecule has 0 aromatic heterocycles. The molecule has 3 aliphatic rings. The number of hydrogen-bond acceptors (Lipinski definition) is 3. The quantitative estimate of drug-likeness (QED) is 0.607. The van der Waals surface area contributed by atoms with Gasteiger partial charge in [-0.15, -0.1) is 0 Å². The number of likely N-dealkylation sites (tertiary alicyclic amines) is 1. The van der Waals surface area contributed by atoms with Crippen LogP contribution in [0, 0.1) is 22.2 Å². The third-order valence-corrected chi connectivity index (χ3v) is 8.18. The Kier molecular flexibility index (Phi) is 4.10. The van der Waals surface area contributed by atoms with E-state index in [2.05, 4.69) is 24.3 Å². The predicted molar refractivity (Wildman–Crippen MR) is 103 cm³/mol. The lowest BCUT2D eigenvalue weighted by atomic mass is 9.64. The number of Topliss-reactive ketones (excluding diaryl/α,β-unsaturated/α-hetero) is 2. The second kappa shape index (κ2) is 6.02. The van der Waals surface area contributed by atoms with Crippen LogP contribution in [0.1, 0.15) is 52.0 Å². The van der Waals surface area contributed by atoms with Crippen LogP contribution in [0.2, 0.25) is 0 Å². The molecule has 1 aromatic rings. The topological polar surface area (TPSA) is 54.5 Å². The highest BCUT2D eigenvalue weighted by Crippen LogP contribution is 2.69. The first-order valence-electron chi connectivity index (χ1n) is 10.2. The fourth-order valence-corrected chi connectivity index (χ4v) is 5.80. The molecule has 1 amide bonds. The molecule has 2 atom stereocenters. The lowest BCUT2D eigenvalue weighted by Gasteiger charge is -2.42. The molecule has 0 spiro atoms. The summed E-state index contributed by atoms with van der Waals surface area (Å²) in [6, 6.07) is 10.5. The van der Waals surface area contributed by atoms with Crippen molar-refractivity contribution < 1.29 is 14.4 Å². The first-order valence-corrected chi connectivity index (χ1v) is 10.2. The van der Waals surface area contributed by atoms with Crippen LogP contribution in [0.5, 0.6) is 0 Å². The van der Waals surface area contributed by atoms with Gasteiger partial charge in [0.2, 0.25) is 17.5 Å². The van der Waals surface area contributed by atoms with Gasteiger partial charge >= 0.3 is 0 Å². The van der Waals surface area contributed by atoms with Crippen LogP contribution in [0.4, 0.5) is 0 Å². The third kappa shape index (κ3) is 2.31. The maximum atomic E-state index is 13.5. The Bertz CT molecular complexity index is 791. The standard InChI is InChI=1S/C23H29NO3/c1-21(2)22(3)11-12-23(21,19(26)18(22)25)20(27)24-13-9-17(10-14-24)15-16-7-5-4-6-8-16/h4-8,17H,9-15H2,1-3H3/t22-,23+/m0/s1. The predicted octanol–water partition coefficient (Wildman–Crippen LogP) is 3.43. The summed E-state index contributed by atoms with van der Waals surface area (Å²) in [6.45, 7) is 7.14. The minimum atomic E-state index is -1.13. The smallest absolute Gasteiger partial charge is 0.237 e. The molecule has 4 rings (SSSR count). The third-order valence-electron chi connectivity index (χ3n) is 8.18. The largest absolute Gasteiger partial charge is 0.342 e. The van der Waals surface area contributed by atoms with E-state index in [-0.39, 0.29) is 11.7 Å². The number of carbonyl (C=O) groups excluding carboxylic acids is 3. The molecule has 0 N–H and O–H groups in total. The van der Waals surface area contributed by atoms with Crippen LogP contribution in [0.15, 0.2) is 30.3 Å². The summed E-state index contributed by atoms with van der Waals surface area (Å²) in [7, 11) is 0. The van der Waals surface area contributed by atoms with Crippen LogP contribution in [-0.4, -0.2) is 35.5 Å². The number of ketones is 2. The summed E-state index contributed by atoms with van der Waals surface area (Å²) >= 11 is 0. The van der Waals surface area contributed by atoms with E-state index in [1.54, 1.807) is 0 Å². The molecular formula is C23H29NO3. The van der Waals surface area contributed by atoms with Crippen molar-refractivity contribution in [3.05, 3.63) is 35.9 Å². The average molecular weight is 367 g/mol. The van der Waals surface area contributed by atoms with Gasteiger partial charge in [-0.25, -0.2) is 0 Å². The van der Waals surface area contributed by atoms with Crippen molar-refractivity contribution in [2.75, 3.05) is 13.1 Å². The van der Waals surface area contributed by atoms with E-state index >= 15 is 0 Å². The van der Waals surface area contributed by atoms with Gasteiger partial charge in [0, 0.05) is 18.5 Å². The number of amides is 1. The molecule has 4 nitrogen and oxygen atoms in total. The van der Waals surface area contributed by atoms with Crippen LogP contribution in [-0.2, 0) is 20.8 Å². The van der Waals surface area contributed by atoms with E-state index < -0.39 is 22.0 Å². The highest BCUT2D eigenvalue weighted by Gasteiger charge is 2.78. The summed E-state index contributed by atoms with van der Waals surface area (Å²) in [5.74, 6) is -0.286. The molecule has 0 radical (unpaired) electrons. The molecule has 0 unspecified atom stereocenters. The maximum Gasteiger partial charge on any atom is 0.237 e. The fourth-order valence-electron chi connectivity index (χ4n) is 5.80. The molecule has 1 aliphatic heterocycles. The lowest BCUT2D eigenvalue weighted by Crippen LogP contribution is -2.54. The molecule has 1 aromatic carbocycles. The van der Waals surface area contributed by atoms with Gasteiger partial charge in [-0.2, -0.15) is 0 Å². The lowest BCUT2D eigenvalue weighted by molar-refractivity contribution is -0.156. The van der Waals surface area contributed by atoms with Gasteiger partial charge in [0.1, 0.15) is 5.41 Å². The highest BCUT2D eigenvalue weighted by atomic mass is 16.2. The van der Waals surface area contributed by atoms with Crippen LogP contribution >= 0.6 is 0 Å². The summed E-state index contributed by atoms with van der Waals surface area (Å²) in [5, 5.41) is 0. The Morgan fingerprint density at radius 3 is 2.19 bits per heavy atom. The van der Waals surface area contributed by atoms with Crippen molar-refractivity contribution in [2.45, 2.75) is 52.9 Å². The van der Waals surface area contributed by atoms with Gasteiger partial charge in [-0.05, 0) is 49.0 Å². The molecule has 2 saturated carbocycles. The summed E-state index contributed by atoms with van der Waals surface area (Å²) in [5.41, 5.74) is -1.09. The minimum Gasteiger partial charge on any atom is -0.342 e. The molecular weight excluding hydrogens is 338 g/mol. The Morgan fingerprint density at radius 1 is 1.00 bits per heavy atom. The van der Waals surface area contributed by atoms with E-state index in [0.717, 1.165) is 19.3 Å². The van der Waals surface area contributed by atoms with Crippen molar-refractivity contribution in [1.29, 1.82) is 0 Å². The fraction of sp³-hybridized carbons (Fsp3) is 0.609. The van der Waals surface area contributed by atoms with Gasteiger partial charge in [-0.3, -0.25) is 14.4 Å². The molecule has 4 heteroatoms. The van der Waals surface area contributed by atoms with Crippen molar-refractivity contribution in [1.82, 2.24) is 4.90 Å². The number of piperidine rings is 1. The molecule has 2 bridgehead atoms. The second-order valence-electron chi connectivity index (χ2n) is 9.45. The van der Waals surface area contributed by atoms with E-state index in [1.807, 2.05) is 31.7 Å². The minimum absolute atomic E-state index is 0.0924.